The Hall–Kier alpha value is -2.76. The molecule has 0 amide bonds. The van der Waals surface area contributed by atoms with E-state index < -0.39 is 6.10 Å². The van der Waals surface area contributed by atoms with Gasteiger partial charge in [-0.3, -0.25) is 9.97 Å². The van der Waals surface area contributed by atoms with Crippen LogP contribution in [0.3, 0.4) is 0 Å². The normalized spacial score (nSPS) is 32.7. The van der Waals surface area contributed by atoms with Gasteiger partial charge in [0.2, 0.25) is 0 Å². The number of fused-ring (bicyclic) bond motifs is 5. The van der Waals surface area contributed by atoms with Crippen LogP contribution in [0.2, 0.25) is 0 Å². The monoisotopic (exact) mass is 378 g/mol. The topological polar surface area (TPSA) is 78.4 Å². The summed E-state index contributed by atoms with van der Waals surface area (Å²) in [6, 6.07) is 6.57. The van der Waals surface area contributed by atoms with E-state index in [4.69, 9.17) is 9.47 Å². The van der Waals surface area contributed by atoms with Gasteiger partial charge in [-0.05, 0) is 67.7 Å². The Bertz CT molecular complexity index is 873. The predicted molar refractivity (Wildman–Crippen MR) is 99.3 cm³/mol. The fourth-order valence-electron chi connectivity index (χ4n) is 5.61. The average Bonchev–Trinajstić information content (AvgIpc) is 3.43. The fourth-order valence-corrected chi connectivity index (χ4v) is 5.61. The molecule has 6 atom stereocenters. The maximum atomic E-state index is 12.7. The number of rotatable bonds is 4. The molecule has 0 N–H and O–H groups in total. The van der Waals surface area contributed by atoms with Crippen molar-refractivity contribution in [1.82, 2.24) is 9.97 Å². The maximum absolute atomic E-state index is 12.7. The van der Waals surface area contributed by atoms with E-state index in [0.717, 1.165) is 6.42 Å². The number of ether oxygens (including phenoxy) is 2. The Kier molecular flexibility index (Phi) is 4.34. The largest absolute Gasteiger partial charge is 0.455 e. The lowest BCUT2D eigenvalue weighted by atomic mass is 9.81. The van der Waals surface area contributed by atoms with E-state index in [1.165, 1.54) is 19.3 Å². The van der Waals surface area contributed by atoms with Crippen molar-refractivity contribution in [2.24, 2.45) is 23.7 Å². The zero-order valence-electron chi connectivity index (χ0n) is 15.4. The molecule has 2 bridgehead atoms. The van der Waals surface area contributed by atoms with Gasteiger partial charge in [-0.15, -0.1) is 0 Å². The van der Waals surface area contributed by atoms with Crippen molar-refractivity contribution < 1.29 is 19.1 Å². The second-order valence-electron chi connectivity index (χ2n) is 8.10. The van der Waals surface area contributed by atoms with Crippen LogP contribution in [0.15, 0.2) is 49.1 Å². The highest BCUT2D eigenvalue weighted by molar-refractivity contribution is 5.90. The third-order valence-corrected chi connectivity index (χ3v) is 6.74. The van der Waals surface area contributed by atoms with E-state index in [9.17, 15) is 9.59 Å². The molecule has 28 heavy (non-hydrogen) atoms. The van der Waals surface area contributed by atoms with Gasteiger partial charge in [0.25, 0.3) is 0 Å². The van der Waals surface area contributed by atoms with E-state index >= 15 is 0 Å². The number of hydrogen-bond acceptors (Lipinski definition) is 6. The highest BCUT2D eigenvalue weighted by atomic mass is 16.6. The smallest absolute Gasteiger partial charge is 0.338 e. The number of esters is 2. The highest BCUT2D eigenvalue weighted by Gasteiger charge is 2.59. The van der Waals surface area contributed by atoms with Gasteiger partial charge >= 0.3 is 11.9 Å². The van der Waals surface area contributed by atoms with E-state index in [1.54, 1.807) is 49.1 Å². The first-order valence-electron chi connectivity index (χ1n) is 9.92. The van der Waals surface area contributed by atoms with Crippen LogP contribution in [0.1, 0.15) is 46.4 Å². The van der Waals surface area contributed by atoms with Gasteiger partial charge in [0.15, 0.2) is 0 Å². The number of pyridine rings is 2. The average molecular weight is 378 g/mol. The lowest BCUT2D eigenvalue weighted by Gasteiger charge is -2.29. The number of nitrogens with zero attached hydrogens (tertiary/aromatic N) is 2. The molecule has 3 aliphatic rings. The van der Waals surface area contributed by atoms with Crippen LogP contribution in [0.5, 0.6) is 0 Å². The molecule has 6 unspecified atom stereocenters. The predicted octanol–water partition coefficient (Wildman–Crippen LogP) is 3.29. The number of hydrogen-bond donors (Lipinski definition) is 0. The van der Waals surface area contributed by atoms with E-state index in [1.807, 2.05) is 0 Å². The number of aromatic nitrogens is 2. The Morgan fingerprint density at radius 1 is 0.786 bits per heavy atom. The second kappa shape index (κ2) is 7.00. The summed E-state index contributed by atoms with van der Waals surface area (Å²) in [6.07, 6.45) is 9.92. The number of carbonyl (C=O) groups is 2. The van der Waals surface area contributed by atoms with Gasteiger partial charge in [0.05, 0.1) is 11.1 Å². The van der Waals surface area contributed by atoms with E-state index in [0.29, 0.717) is 34.8 Å². The third-order valence-electron chi connectivity index (χ3n) is 6.74. The first-order chi connectivity index (χ1) is 13.7. The van der Waals surface area contributed by atoms with Crippen molar-refractivity contribution >= 4 is 11.9 Å². The summed E-state index contributed by atoms with van der Waals surface area (Å²) in [5.74, 6) is 1.24. The summed E-state index contributed by atoms with van der Waals surface area (Å²) in [5, 5.41) is 0. The Labute approximate surface area is 163 Å². The number of carbonyl (C=O) groups excluding carboxylic acids is 2. The van der Waals surface area contributed by atoms with Gasteiger partial charge in [-0.25, -0.2) is 9.59 Å². The molecular weight excluding hydrogens is 356 g/mol. The van der Waals surface area contributed by atoms with Gasteiger partial charge in [0, 0.05) is 30.7 Å². The quantitative estimate of drug-likeness (QED) is 0.760. The Morgan fingerprint density at radius 3 is 2.00 bits per heavy atom. The summed E-state index contributed by atoms with van der Waals surface area (Å²) >= 11 is 0. The molecule has 6 heteroatoms. The molecule has 3 fully saturated rings. The van der Waals surface area contributed by atoms with Crippen LogP contribution in [-0.2, 0) is 9.47 Å². The van der Waals surface area contributed by atoms with E-state index in [2.05, 4.69) is 9.97 Å². The lowest BCUT2D eigenvalue weighted by molar-refractivity contribution is -0.0416. The SMILES string of the molecule is O=C(OC1CC2C3CCC(C3)C2C1OC(=O)c1ccncc1)c1ccncc1. The minimum Gasteiger partial charge on any atom is -0.455 e. The Balaban J connectivity index is 1.37. The highest BCUT2D eigenvalue weighted by Crippen LogP contribution is 2.60. The first kappa shape index (κ1) is 17.3. The molecular formula is C22H22N2O4. The molecule has 2 aromatic rings. The summed E-state index contributed by atoms with van der Waals surface area (Å²) in [6.45, 7) is 0. The molecule has 6 nitrogen and oxygen atoms in total. The summed E-state index contributed by atoms with van der Waals surface area (Å²) < 4.78 is 11.8. The summed E-state index contributed by atoms with van der Waals surface area (Å²) in [5.41, 5.74) is 0.940. The van der Waals surface area contributed by atoms with E-state index in [-0.39, 0.29) is 18.0 Å². The zero-order valence-corrected chi connectivity index (χ0v) is 15.4. The molecule has 2 aromatic heterocycles. The van der Waals surface area contributed by atoms with Crippen molar-refractivity contribution in [3.63, 3.8) is 0 Å². The van der Waals surface area contributed by atoms with Gasteiger partial charge < -0.3 is 9.47 Å². The zero-order chi connectivity index (χ0) is 19.1. The summed E-state index contributed by atoms with van der Waals surface area (Å²) in [4.78, 5) is 33.2. The van der Waals surface area contributed by atoms with Crippen molar-refractivity contribution in [3.05, 3.63) is 60.2 Å². The van der Waals surface area contributed by atoms with Gasteiger partial charge in [-0.2, -0.15) is 0 Å². The minimum atomic E-state index is -0.398. The molecule has 5 rings (SSSR count). The molecule has 3 aliphatic carbocycles. The van der Waals surface area contributed by atoms with Gasteiger partial charge in [-0.1, -0.05) is 0 Å². The molecule has 0 saturated heterocycles. The lowest BCUT2D eigenvalue weighted by Crippen LogP contribution is -2.37. The minimum absolute atomic E-state index is 0.291. The molecule has 0 aliphatic heterocycles. The maximum Gasteiger partial charge on any atom is 0.338 e. The van der Waals surface area contributed by atoms with Crippen LogP contribution >= 0.6 is 0 Å². The Morgan fingerprint density at radius 2 is 1.36 bits per heavy atom. The molecule has 144 valence electrons. The van der Waals surface area contributed by atoms with Crippen LogP contribution in [0, 0.1) is 23.7 Å². The van der Waals surface area contributed by atoms with Crippen molar-refractivity contribution in [2.75, 3.05) is 0 Å². The van der Waals surface area contributed by atoms with Crippen LogP contribution in [0.4, 0.5) is 0 Å². The molecule has 0 aromatic carbocycles. The molecule has 0 radical (unpaired) electrons. The van der Waals surface area contributed by atoms with Crippen LogP contribution < -0.4 is 0 Å². The van der Waals surface area contributed by atoms with Crippen LogP contribution in [0.25, 0.3) is 0 Å². The van der Waals surface area contributed by atoms with Gasteiger partial charge in [0.1, 0.15) is 12.2 Å². The third kappa shape index (κ3) is 2.97. The van der Waals surface area contributed by atoms with Crippen molar-refractivity contribution in [3.8, 4) is 0 Å². The summed E-state index contributed by atoms with van der Waals surface area (Å²) in [7, 11) is 0. The molecule has 0 spiro atoms. The standard InChI is InChI=1S/C22H22N2O4/c25-21(13-3-7-23-8-4-13)27-18-12-17-15-1-2-16(11-15)19(17)20(18)28-22(26)14-5-9-24-10-6-14/h3-10,15-20H,1-2,11-12H2. The van der Waals surface area contributed by atoms with Crippen molar-refractivity contribution in [2.45, 2.75) is 37.9 Å². The second-order valence-corrected chi connectivity index (χ2v) is 8.10. The first-order valence-corrected chi connectivity index (χ1v) is 9.92. The van der Waals surface area contributed by atoms with Crippen molar-refractivity contribution in [1.29, 1.82) is 0 Å². The fraction of sp³-hybridized carbons (Fsp3) is 0.455. The molecule has 2 heterocycles. The molecule has 3 saturated carbocycles. The van der Waals surface area contributed by atoms with Crippen LogP contribution in [-0.4, -0.2) is 34.1 Å².